The molecule has 0 radical (unpaired) electrons. The van der Waals surface area contributed by atoms with Crippen LogP contribution in [0.25, 0.3) is 0 Å². The standard InChI is InChI=1S/C12H14N2OS2/c1-7-5-16-6-9(7)4-14-12(15)11-3-10(13)8(2)17-11/h3,5-6H,4,13H2,1-2H3,(H,14,15). The summed E-state index contributed by atoms with van der Waals surface area (Å²) in [5.74, 6) is -0.0552. The molecular weight excluding hydrogens is 252 g/mol. The maximum absolute atomic E-state index is 11.9. The van der Waals surface area contributed by atoms with Gasteiger partial charge >= 0.3 is 0 Å². The number of rotatable bonds is 3. The van der Waals surface area contributed by atoms with E-state index in [4.69, 9.17) is 5.73 Å². The van der Waals surface area contributed by atoms with Gasteiger partial charge in [-0.1, -0.05) is 0 Å². The van der Waals surface area contributed by atoms with Crippen LogP contribution in [-0.2, 0) is 6.54 Å². The third kappa shape index (κ3) is 2.68. The lowest BCUT2D eigenvalue weighted by Crippen LogP contribution is -2.21. The number of anilines is 1. The minimum atomic E-state index is -0.0552. The fourth-order valence-electron chi connectivity index (χ4n) is 1.44. The largest absolute Gasteiger partial charge is 0.398 e. The molecule has 2 aromatic rings. The molecule has 0 aromatic carbocycles. The van der Waals surface area contributed by atoms with Crippen molar-refractivity contribution >= 4 is 34.3 Å². The van der Waals surface area contributed by atoms with E-state index in [1.165, 1.54) is 22.5 Å². The Morgan fingerprint density at radius 3 is 2.71 bits per heavy atom. The van der Waals surface area contributed by atoms with Gasteiger partial charge in [0, 0.05) is 17.1 Å². The van der Waals surface area contributed by atoms with Gasteiger partial charge in [-0.15, -0.1) is 11.3 Å². The number of thiophene rings is 2. The lowest BCUT2D eigenvalue weighted by atomic mass is 10.2. The van der Waals surface area contributed by atoms with E-state index in [0.717, 1.165) is 4.88 Å². The van der Waals surface area contributed by atoms with Crippen LogP contribution in [0.5, 0.6) is 0 Å². The highest BCUT2D eigenvalue weighted by Crippen LogP contribution is 2.23. The third-order valence-corrected chi connectivity index (χ3v) is 4.56. The summed E-state index contributed by atoms with van der Waals surface area (Å²) in [6.07, 6.45) is 0. The van der Waals surface area contributed by atoms with Crippen LogP contribution in [0.15, 0.2) is 16.8 Å². The Kier molecular flexibility index (Phi) is 3.49. The van der Waals surface area contributed by atoms with Crippen LogP contribution in [0.1, 0.15) is 25.7 Å². The van der Waals surface area contributed by atoms with E-state index in [-0.39, 0.29) is 5.91 Å². The van der Waals surface area contributed by atoms with Gasteiger partial charge in [-0.25, -0.2) is 0 Å². The molecular formula is C12H14N2OS2. The molecule has 0 bridgehead atoms. The van der Waals surface area contributed by atoms with Crippen LogP contribution in [0.4, 0.5) is 5.69 Å². The van der Waals surface area contributed by atoms with Crippen LogP contribution in [0.3, 0.4) is 0 Å². The molecule has 5 heteroatoms. The molecule has 2 aromatic heterocycles. The summed E-state index contributed by atoms with van der Waals surface area (Å²) in [7, 11) is 0. The molecule has 0 aliphatic carbocycles. The maximum Gasteiger partial charge on any atom is 0.261 e. The quantitative estimate of drug-likeness (QED) is 0.897. The first-order valence-electron chi connectivity index (χ1n) is 5.23. The van der Waals surface area contributed by atoms with Crippen molar-refractivity contribution < 1.29 is 4.79 Å². The molecule has 3 N–H and O–H groups in total. The molecule has 0 fully saturated rings. The van der Waals surface area contributed by atoms with E-state index in [1.807, 2.05) is 13.8 Å². The molecule has 0 aliphatic rings. The molecule has 17 heavy (non-hydrogen) atoms. The molecule has 0 spiro atoms. The zero-order valence-electron chi connectivity index (χ0n) is 9.74. The van der Waals surface area contributed by atoms with E-state index in [2.05, 4.69) is 16.1 Å². The molecule has 0 saturated heterocycles. The molecule has 0 atom stereocenters. The van der Waals surface area contributed by atoms with E-state index in [0.29, 0.717) is 17.1 Å². The van der Waals surface area contributed by atoms with Crippen LogP contribution in [0.2, 0.25) is 0 Å². The number of aryl methyl sites for hydroxylation is 2. The van der Waals surface area contributed by atoms with Gasteiger partial charge in [0.1, 0.15) is 0 Å². The Balaban J connectivity index is 2.00. The Hall–Kier alpha value is -1.33. The van der Waals surface area contributed by atoms with Crippen molar-refractivity contribution in [2.45, 2.75) is 20.4 Å². The van der Waals surface area contributed by atoms with Gasteiger partial charge in [-0.3, -0.25) is 4.79 Å². The van der Waals surface area contributed by atoms with Crippen LogP contribution < -0.4 is 11.1 Å². The number of amides is 1. The van der Waals surface area contributed by atoms with Crippen molar-refractivity contribution in [3.05, 3.63) is 37.7 Å². The van der Waals surface area contributed by atoms with Gasteiger partial charge in [0.15, 0.2) is 0 Å². The van der Waals surface area contributed by atoms with Crippen LogP contribution in [-0.4, -0.2) is 5.91 Å². The second-order valence-electron chi connectivity index (χ2n) is 3.88. The summed E-state index contributed by atoms with van der Waals surface area (Å²) in [6, 6.07) is 1.73. The summed E-state index contributed by atoms with van der Waals surface area (Å²) in [4.78, 5) is 13.5. The number of hydrogen-bond acceptors (Lipinski definition) is 4. The number of nitrogens with one attached hydrogen (secondary N) is 1. The van der Waals surface area contributed by atoms with Crippen molar-refractivity contribution in [1.82, 2.24) is 5.32 Å². The highest BCUT2D eigenvalue weighted by Gasteiger charge is 2.11. The normalized spacial score (nSPS) is 10.5. The lowest BCUT2D eigenvalue weighted by Gasteiger charge is -2.02. The predicted molar refractivity (Wildman–Crippen MR) is 73.7 cm³/mol. The topological polar surface area (TPSA) is 55.1 Å². The molecule has 1 amide bonds. The predicted octanol–water partition coefficient (Wildman–Crippen LogP) is 2.94. The third-order valence-electron chi connectivity index (χ3n) is 2.58. The Morgan fingerprint density at radius 1 is 1.41 bits per heavy atom. The monoisotopic (exact) mass is 266 g/mol. The van der Waals surface area contributed by atoms with E-state index in [1.54, 1.807) is 17.4 Å². The number of carbonyl (C=O) groups excluding carboxylic acids is 1. The summed E-state index contributed by atoms with van der Waals surface area (Å²) in [6.45, 7) is 4.54. The Labute approximate surface area is 108 Å². The first kappa shape index (κ1) is 12.1. The molecule has 2 heterocycles. The summed E-state index contributed by atoms with van der Waals surface area (Å²) < 4.78 is 0. The number of nitrogen functional groups attached to an aromatic ring is 1. The van der Waals surface area contributed by atoms with E-state index in [9.17, 15) is 4.79 Å². The highest BCUT2D eigenvalue weighted by molar-refractivity contribution is 7.14. The van der Waals surface area contributed by atoms with Crippen molar-refractivity contribution in [3.63, 3.8) is 0 Å². The fourth-order valence-corrected chi connectivity index (χ4v) is 3.15. The molecule has 90 valence electrons. The Morgan fingerprint density at radius 2 is 2.18 bits per heavy atom. The second kappa shape index (κ2) is 4.89. The van der Waals surface area contributed by atoms with Crippen molar-refractivity contribution in [2.75, 3.05) is 5.73 Å². The molecule has 0 saturated carbocycles. The zero-order valence-corrected chi connectivity index (χ0v) is 11.4. The van der Waals surface area contributed by atoms with Gasteiger partial charge in [-0.05, 0) is 41.8 Å². The van der Waals surface area contributed by atoms with Crippen molar-refractivity contribution in [1.29, 1.82) is 0 Å². The summed E-state index contributed by atoms with van der Waals surface area (Å²) in [5, 5.41) is 7.04. The smallest absolute Gasteiger partial charge is 0.261 e. The van der Waals surface area contributed by atoms with Gasteiger partial charge in [0.05, 0.1) is 4.88 Å². The van der Waals surface area contributed by atoms with Gasteiger partial charge in [0.2, 0.25) is 0 Å². The van der Waals surface area contributed by atoms with Gasteiger partial charge < -0.3 is 11.1 Å². The maximum atomic E-state index is 11.9. The number of nitrogens with two attached hydrogens (primary N) is 1. The first-order chi connectivity index (χ1) is 8.08. The SMILES string of the molecule is Cc1cscc1CNC(=O)c1cc(N)c(C)s1. The molecule has 2 rings (SSSR count). The second-order valence-corrected chi connectivity index (χ2v) is 5.88. The van der Waals surface area contributed by atoms with Crippen LogP contribution >= 0.6 is 22.7 Å². The minimum absolute atomic E-state index is 0.0552. The summed E-state index contributed by atoms with van der Waals surface area (Å²) >= 11 is 3.08. The van der Waals surface area contributed by atoms with E-state index >= 15 is 0 Å². The average Bonchev–Trinajstić information content (AvgIpc) is 2.83. The van der Waals surface area contributed by atoms with Crippen LogP contribution in [0, 0.1) is 13.8 Å². The Bertz CT molecular complexity index is 523. The van der Waals surface area contributed by atoms with Gasteiger partial charge in [0.25, 0.3) is 5.91 Å². The number of hydrogen-bond donors (Lipinski definition) is 2. The zero-order chi connectivity index (χ0) is 12.4. The van der Waals surface area contributed by atoms with Gasteiger partial charge in [-0.2, -0.15) is 11.3 Å². The van der Waals surface area contributed by atoms with E-state index < -0.39 is 0 Å². The average molecular weight is 266 g/mol. The molecule has 0 aliphatic heterocycles. The lowest BCUT2D eigenvalue weighted by molar-refractivity contribution is 0.0955. The van der Waals surface area contributed by atoms with Crippen molar-refractivity contribution in [3.8, 4) is 0 Å². The highest BCUT2D eigenvalue weighted by atomic mass is 32.1. The summed E-state index contributed by atoms with van der Waals surface area (Å²) in [5.41, 5.74) is 8.80. The number of carbonyl (C=O) groups is 1. The minimum Gasteiger partial charge on any atom is -0.398 e. The first-order valence-corrected chi connectivity index (χ1v) is 6.99. The van der Waals surface area contributed by atoms with Crippen molar-refractivity contribution in [2.24, 2.45) is 0 Å². The molecule has 3 nitrogen and oxygen atoms in total. The fraction of sp³-hybridized carbons (Fsp3) is 0.250. The molecule has 0 unspecified atom stereocenters.